The average Bonchev–Trinajstić information content (AvgIpc) is 3.21. The van der Waals surface area contributed by atoms with E-state index in [0.29, 0.717) is 0 Å². The summed E-state index contributed by atoms with van der Waals surface area (Å²) in [5, 5.41) is 10.6. The summed E-state index contributed by atoms with van der Waals surface area (Å²) in [7, 11) is 0. The molecule has 24 heavy (non-hydrogen) atoms. The van der Waals surface area contributed by atoms with Crippen LogP contribution in [0.2, 0.25) is 0 Å². The maximum atomic E-state index is 13.4. The molecule has 2 aliphatic carbocycles. The predicted molar refractivity (Wildman–Crippen MR) is 99.0 cm³/mol. The number of thiophene rings is 1. The number of aromatic nitrogens is 2. The SMILES string of the molecule is C[C@@H](C#N)Sc1nc2sc3c(c2c(=O)n1C1CCCC1)CCCC3. The van der Waals surface area contributed by atoms with Gasteiger partial charge >= 0.3 is 0 Å². The molecule has 126 valence electrons. The minimum absolute atomic E-state index is 0.138. The molecule has 0 bridgehead atoms. The van der Waals surface area contributed by atoms with Crippen LogP contribution in [0.25, 0.3) is 10.2 Å². The highest BCUT2D eigenvalue weighted by Crippen LogP contribution is 2.37. The predicted octanol–water partition coefficient (Wildman–Crippen LogP) is 4.46. The monoisotopic (exact) mass is 359 g/mol. The van der Waals surface area contributed by atoms with Gasteiger partial charge in [0.2, 0.25) is 0 Å². The van der Waals surface area contributed by atoms with E-state index in [1.165, 1.54) is 47.9 Å². The summed E-state index contributed by atoms with van der Waals surface area (Å²) in [5.74, 6) is 0. The Labute approximate surface area is 149 Å². The van der Waals surface area contributed by atoms with Crippen molar-refractivity contribution in [2.45, 2.75) is 74.7 Å². The quantitative estimate of drug-likeness (QED) is 0.600. The lowest BCUT2D eigenvalue weighted by atomic mass is 9.97. The lowest BCUT2D eigenvalue weighted by molar-refractivity contribution is 0.457. The molecule has 0 amide bonds. The van der Waals surface area contributed by atoms with Crippen LogP contribution in [0.5, 0.6) is 0 Å². The van der Waals surface area contributed by atoms with Crippen LogP contribution in [-0.4, -0.2) is 14.8 Å². The molecular formula is C18H21N3OS2. The number of thioether (sulfide) groups is 1. The van der Waals surface area contributed by atoms with E-state index in [1.54, 1.807) is 11.3 Å². The Morgan fingerprint density at radius 1 is 1.29 bits per heavy atom. The van der Waals surface area contributed by atoms with Gasteiger partial charge in [0, 0.05) is 10.9 Å². The van der Waals surface area contributed by atoms with E-state index in [4.69, 9.17) is 4.98 Å². The van der Waals surface area contributed by atoms with Crippen LogP contribution in [0.15, 0.2) is 9.95 Å². The number of nitriles is 1. The van der Waals surface area contributed by atoms with E-state index in [1.807, 2.05) is 11.5 Å². The molecule has 0 spiro atoms. The highest BCUT2D eigenvalue weighted by molar-refractivity contribution is 8.00. The first-order chi connectivity index (χ1) is 11.7. The highest BCUT2D eigenvalue weighted by Gasteiger charge is 2.27. The van der Waals surface area contributed by atoms with E-state index < -0.39 is 0 Å². The van der Waals surface area contributed by atoms with E-state index >= 15 is 0 Å². The van der Waals surface area contributed by atoms with Gasteiger partial charge in [-0.15, -0.1) is 11.3 Å². The molecule has 0 N–H and O–H groups in total. The van der Waals surface area contributed by atoms with E-state index in [-0.39, 0.29) is 16.9 Å². The van der Waals surface area contributed by atoms with Crippen molar-refractivity contribution in [2.75, 3.05) is 0 Å². The second-order valence-electron chi connectivity index (χ2n) is 6.79. The van der Waals surface area contributed by atoms with Gasteiger partial charge in [0.15, 0.2) is 5.16 Å². The van der Waals surface area contributed by atoms with Crippen LogP contribution in [0.3, 0.4) is 0 Å². The van der Waals surface area contributed by atoms with Crippen molar-refractivity contribution >= 4 is 33.3 Å². The maximum absolute atomic E-state index is 13.4. The number of nitrogens with zero attached hydrogens (tertiary/aromatic N) is 3. The van der Waals surface area contributed by atoms with Crippen molar-refractivity contribution in [1.82, 2.24) is 9.55 Å². The maximum Gasteiger partial charge on any atom is 0.263 e. The Balaban J connectivity index is 1.93. The summed E-state index contributed by atoms with van der Waals surface area (Å²) in [6, 6.07) is 2.51. The molecule has 2 aliphatic rings. The standard InChI is InChI=1S/C18H21N3OS2/c1-11(10-19)23-18-20-16-15(13-8-4-5-9-14(13)24-16)17(22)21(18)12-6-2-3-7-12/h11-12H,2-9H2,1H3/t11-/m0/s1. The van der Waals surface area contributed by atoms with Crippen molar-refractivity contribution < 1.29 is 0 Å². The average molecular weight is 360 g/mol. The van der Waals surface area contributed by atoms with Crippen LogP contribution in [0.1, 0.15) is 61.9 Å². The molecule has 6 heteroatoms. The van der Waals surface area contributed by atoms with Gasteiger partial charge < -0.3 is 0 Å². The topological polar surface area (TPSA) is 58.7 Å². The number of aryl methyl sites for hydroxylation is 2. The Bertz CT molecular complexity index is 871. The fourth-order valence-electron chi connectivity index (χ4n) is 3.95. The van der Waals surface area contributed by atoms with Crippen LogP contribution >= 0.6 is 23.1 Å². The van der Waals surface area contributed by atoms with Gasteiger partial charge in [0.1, 0.15) is 4.83 Å². The molecule has 1 atom stereocenters. The summed E-state index contributed by atoms with van der Waals surface area (Å²) in [5.41, 5.74) is 1.40. The summed E-state index contributed by atoms with van der Waals surface area (Å²) < 4.78 is 1.93. The second-order valence-corrected chi connectivity index (χ2v) is 9.18. The van der Waals surface area contributed by atoms with Crippen LogP contribution in [-0.2, 0) is 12.8 Å². The normalized spacial score (nSPS) is 19.3. The number of hydrogen-bond acceptors (Lipinski definition) is 5. The van der Waals surface area contributed by atoms with Gasteiger partial charge in [0.05, 0.1) is 16.7 Å². The molecule has 2 aromatic heterocycles. The summed E-state index contributed by atoms with van der Waals surface area (Å²) in [4.78, 5) is 20.5. The van der Waals surface area contributed by atoms with Gasteiger partial charge in [-0.25, -0.2) is 4.98 Å². The minimum Gasteiger partial charge on any atom is -0.284 e. The molecule has 4 rings (SSSR count). The van der Waals surface area contributed by atoms with Crippen molar-refractivity contribution in [1.29, 1.82) is 5.26 Å². The van der Waals surface area contributed by atoms with Crippen molar-refractivity contribution in [3.63, 3.8) is 0 Å². The van der Waals surface area contributed by atoms with Crippen LogP contribution < -0.4 is 5.56 Å². The second kappa shape index (κ2) is 6.53. The zero-order chi connectivity index (χ0) is 16.7. The third-order valence-electron chi connectivity index (χ3n) is 5.14. The first kappa shape index (κ1) is 16.2. The van der Waals surface area contributed by atoms with Gasteiger partial charge in [-0.2, -0.15) is 5.26 Å². The molecule has 0 saturated heterocycles. The Kier molecular flexibility index (Phi) is 4.40. The number of hydrogen-bond donors (Lipinski definition) is 0. The van der Waals surface area contributed by atoms with Gasteiger partial charge in [-0.1, -0.05) is 24.6 Å². The summed E-state index contributed by atoms with van der Waals surface area (Å²) >= 11 is 3.12. The molecule has 0 radical (unpaired) electrons. The highest BCUT2D eigenvalue weighted by atomic mass is 32.2. The molecule has 0 aliphatic heterocycles. The largest absolute Gasteiger partial charge is 0.284 e. The molecule has 1 saturated carbocycles. The zero-order valence-corrected chi connectivity index (χ0v) is 15.5. The van der Waals surface area contributed by atoms with Gasteiger partial charge in [-0.3, -0.25) is 9.36 Å². The smallest absolute Gasteiger partial charge is 0.263 e. The summed E-state index contributed by atoms with van der Waals surface area (Å²) in [6.45, 7) is 1.87. The van der Waals surface area contributed by atoms with Crippen molar-refractivity contribution in [2.24, 2.45) is 0 Å². The fourth-order valence-corrected chi connectivity index (χ4v) is 6.12. The number of rotatable bonds is 3. The Morgan fingerprint density at radius 2 is 2.04 bits per heavy atom. The molecule has 4 nitrogen and oxygen atoms in total. The molecule has 0 aromatic carbocycles. The minimum atomic E-state index is -0.198. The van der Waals surface area contributed by atoms with Gasteiger partial charge in [-0.05, 0) is 51.0 Å². The molecule has 2 heterocycles. The van der Waals surface area contributed by atoms with Gasteiger partial charge in [0.25, 0.3) is 5.56 Å². The molecule has 0 unspecified atom stereocenters. The first-order valence-electron chi connectivity index (χ1n) is 8.82. The van der Waals surface area contributed by atoms with E-state index in [0.717, 1.165) is 41.1 Å². The number of fused-ring (bicyclic) bond motifs is 3. The third kappa shape index (κ3) is 2.68. The third-order valence-corrected chi connectivity index (χ3v) is 7.29. The molecule has 2 aromatic rings. The lowest BCUT2D eigenvalue weighted by Crippen LogP contribution is -2.27. The zero-order valence-electron chi connectivity index (χ0n) is 13.9. The Hall–Kier alpha value is -1.32. The van der Waals surface area contributed by atoms with E-state index in [9.17, 15) is 10.1 Å². The van der Waals surface area contributed by atoms with Crippen LogP contribution in [0, 0.1) is 11.3 Å². The summed E-state index contributed by atoms with van der Waals surface area (Å²) in [6.07, 6.45) is 8.92. The Morgan fingerprint density at radius 3 is 2.79 bits per heavy atom. The van der Waals surface area contributed by atoms with Crippen molar-refractivity contribution in [3.8, 4) is 6.07 Å². The van der Waals surface area contributed by atoms with Crippen molar-refractivity contribution in [3.05, 3.63) is 20.8 Å². The lowest BCUT2D eigenvalue weighted by Gasteiger charge is -2.19. The molecule has 1 fully saturated rings. The van der Waals surface area contributed by atoms with Crippen LogP contribution in [0.4, 0.5) is 0 Å². The van der Waals surface area contributed by atoms with E-state index in [2.05, 4.69) is 6.07 Å². The fraction of sp³-hybridized carbons (Fsp3) is 0.611. The first-order valence-corrected chi connectivity index (χ1v) is 10.5. The molecular weight excluding hydrogens is 338 g/mol.